The highest BCUT2D eigenvalue weighted by Crippen LogP contribution is 2.15. The van der Waals surface area contributed by atoms with Gasteiger partial charge in [-0.2, -0.15) is 0 Å². The zero-order valence-electron chi connectivity index (χ0n) is 8.66. The maximum absolute atomic E-state index is 11.8. The molecule has 0 bridgehead atoms. The molecule has 3 rings (SSSR count). The third kappa shape index (κ3) is 1.44. The smallest absolute Gasteiger partial charge is 0.255 e. The van der Waals surface area contributed by atoms with Crippen molar-refractivity contribution in [2.75, 3.05) is 0 Å². The monoisotopic (exact) mass is 213 g/mol. The minimum absolute atomic E-state index is 0.0335. The molecule has 1 aromatic carbocycles. The Bertz CT molecular complexity index is 575. The quantitative estimate of drug-likeness (QED) is 0.744. The Morgan fingerprint density at radius 1 is 1.12 bits per heavy atom. The number of H-pyrrole nitrogens is 1. The van der Waals surface area contributed by atoms with Gasteiger partial charge in [-0.25, -0.2) is 4.98 Å². The molecule has 1 aliphatic rings. The molecule has 0 unspecified atom stereocenters. The third-order valence-corrected chi connectivity index (χ3v) is 2.74. The number of hydrogen-bond acceptors (Lipinski definition) is 3. The standard InChI is InChI=1S/C12H11N3O/c16-12-9-6-13-7-10(9)14-11(15-12)8-4-2-1-3-5-8/h1-5,13H,6-7H2,(H,14,15,16). The molecular formula is C12H11N3O. The van der Waals surface area contributed by atoms with E-state index in [9.17, 15) is 4.79 Å². The number of hydrogen-bond donors (Lipinski definition) is 2. The van der Waals surface area contributed by atoms with Crippen molar-refractivity contribution in [3.05, 3.63) is 51.9 Å². The fraction of sp³-hybridized carbons (Fsp3) is 0.167. The average Bonchev–Trinajstić information content (AvgIpc) is 2.79. The van der Waals surface area contributed by atoms with E-state index in [1.807, 2.05) is 30.3 Å². The molecule has 2 aromatic rings. The molecule has 0 fully saturated rings. The van der Waals surface area contributed by atoms with Crippen LogP contribution in [0.1, 0.15) is 11.3 Å². The Balaban J connectivity index is 2.17. The molecule has 4 nitrogen and oxygen atoms in total. The van der Waals surface area contributed by atoms with E-state index in [1.54, 1.807) is 0 Å². The zero-order valence-corrected chi connectivity index (χ0v) is 8.66. The van der Waals surface area contributed by atoms with Gasteiger partial charge >= 0.3 is 0 Å². The van der Waals surface area contributed by atoms with Gasteiger partial charge in [-0.05, 0) is 0 Å². The van der Waals surface area contributed by atoms with Crippen LogP contribution < -0.4 is 10.9 Å². The molecule has 1 aliphatic heterocycles. The van der Waals surface area contributed by atoms with Crippen molar-refractivity contribution in [2.45, 2.75) is 13.1 Å². The van der Waals surface area contributed by atoms with Gasteiger partial charge < -0.3 is 10.3 Å². The molecule has 0 saturated heterocycles. The molecular weight excluding hydrogens is 202 g/mol. The summed E-state index contributed by atoms with van der Waals surface area (Å²) in [7, 11) is 0. The van der Waals surface area contributed by atoms with E-state index in [0.717, 1.165) is 16.8 Å². The van der Waals surface area contributed by atoms with E-state index in [4.69, 9.17) is 0 Å². The van der Waals surface area contributed by atoms with Crippen LogP contribution >= 0.6 is 0 Å². The van der Waals surface area contributed by atoms with Crippen molar-refractivity contribution in [3.8, 4) is 11.4 Å². The first-order chi connectivity index (χ1) is 7.84. The van der Waals surface area contributed by atoms with Crippen LogP contribution in [-0.4, -0.2) is 9.97 Å². The van der Waals surface area contributed by atoms with Crippen molar-refractivity contribution in [1.29, 1.82) is 0 Å². The Labute approximate surface area is 92.4 Å². The summed E-state index contributed by atoms with van der Waals surface area (Å²) in [6.07, 6.45) is 0. The lowest BCUT2D eigenvalue weighted by atomic mass is 10.2. The Morgan fingerprint density at radius 2 is 1.94 bits per heavy atom. The van der Waals surface area contributed by atoms with Gasteiger partial charge in [0, 0.05) is 18.7 Å². The van der Waals surface area contributed by atoms with Crippen LogP contribution in [0.25, 0.3) is 11.4 Å². The second kappa shape index (κ2) is 3.57. The number of nitrogens with one attached hydrogen (secondary N) is 2. The topological polar surface area (TPSA) is 57.8 Å². The first kappa shape index (κ1) is 9.30. The van der Waals surface area contributed by atoms with E-state index in [2.05, 4.69) is 15.3 Å². The predicted octanol–water partition coefficient (Wildman–Crippen LogP) is 1.04. The molecule has 0 aliphatic carbocycles. The van der Waals surface area contributed by atoms with Crippen LogP contribution in [0.2, 0.25) is 0 Å². The molecule has 0 atom stereocenters. The van der Waals surface area contributed by atoms with Gasteiger partial charge in [0.05, 0.1) is 11.3 Å². The second-order valence-corrected chi connectivity index (χ2v) is 3.81. The van der Waals surface area contributed by atoms with E-state index in [1.165, 1.54) is 0 Å². The van der Waals surface area contributed by atoms with Crippen molar-refractivity contribution in [3.63, 3.8) is 0 Å². The average molecular weight is 213 g/mol. The van der Waals surface area contributed by atoms with E-state index >= 15 is 0 Å². The van der Waals surface area contributed by atoms with Crippen molar-refractivity contribution >= 4 is 0 Å². The summed E-state index contributed by atoms with van der Waals surface area (Å²) in [6.45, 7) is 1.30. The van der Waals surface area contributed by atoms with Crippen LogP contribution in [0.3, 0.4) is 0 Å². The predicted molar refractivity (Wildman–Crippen MR) is 60.8 cm³/mol. The summed E-state index contributed by atoms with van der Waals surface area (Å²) in [4.78, 5) is 19.1. The number of fused-ring (bicyclic) bond motifs is 1. The maximum atomic E-state index is 11.8. The van der Waals surface area contributed by atoms with E-state index < -0.39 is 0 Å². The molecule has 0 amide bonds. The molecule has 2 heterocycles. The van der Waals surface area contributed by atoms with Gasteiger partial charge in [-0.3, -0.25) is 4.79 Å². The Hall–Kier alpha value is -1.94. The van der Waals surface area contributed by atoms with Gasteiger partial charge in [0.1, 0.15) is 5.82 Å². The minimum atomic E-state index is -0.0335. The molecule has 16 heavy (non-hydrogen) atoms. The zero-order chi connectivity index (χ0) is 11.0. The van der Waals surface area contributed by atoms with Gasteiger partial charge in [0.15, 0.2) is 0 Å². The van der Waals surface area contributed by atoms with Gasteiger partial charge in [-0.15, -0.1) is 0 Å². The molecule has 0 spiro atoms. The van der Waals surface area contributed by atoms with Crippen LogP contribution in [0.5, 0.6) is 0 Å². The highest BCUT2D eigenvalue weighted by molar-refractivity contribution is 5.54. The summed E-state index contributed by atoms with van der Waals surface area (Å²) in [6, 6.07) is 9.68. The van der Waals surface area contributed by atoms with Crippen molar-refractivity contribution in [2.24, 2.45) is 0 Å². The number of rotatable bonds is 1. The highest BCUT2D eigenvalue weighted by Gasteiger charge is 2.16. The third-order valence-electron chi connectivity index (χ3n) is 2.74. The maximum Gasteiger partial charge on any atom is 0.255 e. The lowest BCUT2D eigenvalue weighted by Crippen LogP contribution is -2.15. The van der Waals surface area contributed by atoms with Gasteiger partial charge in [0.25, 0.3) is 5.56 Å². The number of benzene rings is 1. The van der Waals surface area contributed by atoms with Crippen LogP contribution in [-0.2, 0) is 13.1 Å². The largest absolute Gasteiger partial charge is 0.307 e. The molecule has 80 valence electrons. The highest BCUT2D eigenvalue weighted by atomic mass is 16.1. The van der Waals surface area contributed by atoms with E-state index in [-0.39, 0.29) is 5.56 Å². The molecule has 0 radical (unpaired) electrons. The second-order valence-electron chi connectivity index (χ2n) is 3.81. The Morgan fingerprint density at radius 3 is 2.75 bits per heavy atom. The number of nitrogens with zero attached hydrogens (tertiary/aromatic N) is 1. The summed E-state index contributed by atoms with van der Waals surface area (Å²) in [5.41, 5.74) is 2.53. The number of aromatic amines is 1. The summed E-state index contributed by atoms with van der Waals surface area (Å²) in [5, 5.41) is 3.12. The summed E-state index contributed by atoms with van der Waals surface area (Å²) >= 11 is 0. The first-order valence-corrected chi connectivity index (χ1v) is 5.23. The fourth-order valence-electron chi connectivity index (χ4n) is 1.91. The minimum Gasteiger partial charge on any atom is -0.307 e. The van der Waals surface area contributed by atoms with Crippen LogP contribution in [0.15, 0.2) is 35.1 Å². The molecule has 0 saturated carbocycles. The number of aromatic nitrogens is 2. The lowest BCUT2D eigenvalue weighted by Gasteiger charge is -2.02. The van der Waals surface area contributed by atoms with Crippen LogP contribution in [0, 0.1) is 0 Å². The van der Waals surface area contributed by atoms with Gasteiger partial charge in [0.2, 0.25) is 0 Å². The Kier molecular flexibility index (Phi) is 2.08. The normalized spacial score (nSPS) is 13.8. The SMILES string of the molecule is O=c1[nH]c(-c2ccccc2)nc2c1CNC2. The van der Waals surface area contributed by atoms with Gasteiger partial charge in [-0.1, -0.05) is 30.3 Å². The van der Waals surface area contributed by atoms with E-state index in [0.29, 0.717) is 18.9 Å². The lowest BCUT2D eigenvalue weighted by molar-refractivity contribution is 0.757. The first-order valence-electron chi connectivity index (χ1n) is 5.23. The van der Waals surface area contributed by atoms with Crippen LogP contribution in [0.4, 0.5) is 0 Å². The van der Waals surface area contributed by atoms with Crippen molar-refractivity contribution < 1.29 is 0 Å². The molecule has 1 aromatic heterocycles. The van der Waals surface area contributed by atoms with Crippen molar-refractivity contribution in [1.82, 2.24) is 15.3 Å². The summed E-state index contributed by atoms with van der Waals surface area (Å²) < 4.78 is 0. The molecule has 2 N–H and O–H groups in total. The molecule has 4 heteroatoms. The summed E-state index contributed by atoms with van der Waals surface area (Å²) in [5.74, 6) is 0.646. The fourth-order valence-corrected chi connectivity index (χ4v) is 1.91.